The van der Waals surface area contributed by atoms with Gasteiger partial charge in [0, 0.05) is 12.0 Å². The van der Waals surface area contributed by atoms with Crippen molar-refractivity contribution in [3.63, 3.8) is 0 Å². The molecule has 1 aromatic heterocycles. The minimum absolute atomic E-state index is 0.0199. The zero-order valence-corrected chi connectivity index (χ0v) is 14.5. The van der Waals surface area contributed by atoms with Crippen molar-refractivity contribution in [2.45, 2.75) is 13.0 Å². The van der Waals surface area contributed by atoms with Gasteiger partial charge in [-0.1, -0.05) is 60.7 Å². The molecule has 0 bridgehead atoms. The Morgan fingerprint density at radius 3 is 2.26 bits per heavy atom. The Balaban J connectivity index is 1.81. The predicted octanol–water partition coefficient (Wildman–Crippen LogP) is 4.93. The van der Waals surface area contributed by atoms with Crippen LogP contribution in [0.3, 0.4) is 0 Å². The van der Waals surface area contributed by atoms with E-state index in [9.17, 15) is 13.6 Å². The number of aromatic nitrogens is 2. The second kappa shape index (κ2) is 8.89. The largest absolute Gasteiger partial charge is 0.464 e. The van der Waals surface area contributed by atoms with Gasteiger partial charge in [-0.15, -0.1) is 0 Å². The molecule has 0 spiro atoms. The first kappa shape index (κ1) is 18.5. The smallest absolute Gasteiger partial charge is 0.327 e. The Morgan fingerprint density at radius 2 is 1.63 bits per heavy atom. The van der Waals surface area contributed by atoms with Gasteiger partial charge in [-0.05, 0) is 17.7 Å². The summed E-state index contributed by atoms with van der Waals surface area (Å²) in [6.07, 6.45) is -1.07. The molecule has 1 heterocycles. The van der Waals surface area contributed by atoms with Crippen molar-refractivity contribution in [3.05, 3.63) is 78.9 Å². The number of carbonyl (C=O) groups excluding carboxylic acids is 1. The monoisotopic (exact) mass is 368 g/mol. The van der Waals surface area contributed by atoms with Crippen LogP contribution in [0.15, 0.2) is 78.9 Å². The molecule has 0 saturated carbocycles. The van der Waals surface area contributed by atoms with E-state index in [2.05, 4.69) is 5.10 Å². The lowest BCUT2D eigenvalue weighted by molar-refractivity contribution is -0.144. The fourth-order valence-corrected chi connectivity index (χ4v) is 2.64. The molecule has 0 aliphatic rings. The number of benzene rings is 2. The van der Waals surface area contributed by atoms with Crippen molar-refractivity contribution in [2.24, 2.45) is 0 Å². The normalized spacial score (nSPS) is 10.4. The maximum atomic E-state index is 12.1. The van der Waals surface area contributed by atoms with E-state index in [4.69, 9.17) is 4.74 Å². The van der Waals surface area contributed by atoms with Gasteiger partial charge in [-0.2, -0.15) is 13.9 Å². The van der Waals surface area contributed by atoms with E-state index in [-0.39, 0.29) is 19.6 Å². The first-order chi connectivity index (χ1) is 13.1. The number of hydrogen-bond acceptors (Lipinski definition) is 3. The Kier molecular flexibility index (Phi) is 6.10. The third kappa shape index (κ3) is 5.10. The van der Waals surface area contributed by atoms with E-state index in [0.717, 1.165) is 28.6 Å². The molecule has 0 aliphatic heterocycles. The molecular weight excluding hydrogens is 350 g/mol. The number of esters is 1. The van der Waals surface area contributed by atoms with Gasteiger partial charge in [-0.3, -0.25) is 9.48 Å². The summed E-state index contributed by atoms with van der Waals surface area (Å²) < 4.78 is 30.6. The Hall–Kier alpha value is -3.28. The molecule has 0 atom stereocenters. The van der Waals surface area contributed by atoms with E-state index in [0.29, 0.717) is 0 Å². The summed E-state index contributed by atoms with van der Waals surface area (Å²) in [5, 5.41) is 4.54. The van der Waals surface area contributed by atoms with Crippen LogP contribution in [0.5, 0.6) is 0 Å². The van der Waals surface area contributed by atoms with E-state index in [1.807, 2.05) is 66.7 Å². The molecule has 2 aromatic carbocycles. The van der Waals surface area contributed by atoms with Crippen molar-refractivity contribution in [1.82, 2.24) is 9.78 Å². The Bertz CT molecular complexity index is 918. The van der Waals surface area contributed by atoms with Crippen LogP contribution in [0.25, 0.3) is 22.5 Å². The molecule has 0 unspecified atom stereocenters. The number of nitrogens with zero attached hydrogens (tertiary/aromatic N) is 2. The highest BCUT2D eigenvalue weighted by molar-refractivity contribution is 5.73. The molecule has 0 fully saturated rings. The van der Waals surface area contributed by atoms with Gasteiger partial charge in [0.1, 0.15) is 6.54 Å². The third-order valence-electron chi connectivity index (χ3n) is 3.88. The molecule has 0 amide bonds. The summed E-state index contributed by atoms with van der Waals surface area (Å²) in [6, 6.07) is 21.2. The lowest BCUT2D eigenvalue weighted by atomic mass is 10.1. The number of halogens is 2. The first-order valence-corrected chi connectivity index (χ1v) is 8.49. The SMILES string of the molecule is O=C(Cn1nc(-c2ccccc2)cc1-c1ccccc1)OCCC=C(F)F. The van der Waals surface area contributed by atoms with Gasteiger partial charge in [0.2, 0.25) is 0 Å². The lowest BCUT2D eigenvalue weighted by Crippen LogP contribution is -2.16. The van der Waals surface area contributed by atoms with Crippen LogP contribution < -0.4 is 0 Å². The predicted molar refractivity (Wildman–Crippen MR) is 99.0 cm³/mol. The average Bonchev–Trinajstić information content (AvgIpc) is 3.10. The number of carbonyl (C=O) groups is 1. The van der Waals surface area contributed by atoms with Crippen molar-refractivity contribution in [3.8, 4) is 22.5 Å². The second-order valence-corrected chi connectivity index (χ2v) is 5.81. The zero-order chi connectivity index (χ0) is 19.1. The third-order valence-corrected chi connectivity index (χ3v) is 3.88. The first-order valence-electron chi connectivity index (χ1n) is 8.49. The van der Waals surface area contributed by atoms with Crippen molar-refractivity contribution in [2.75, 3.05) is 6.61 Å². The maximum absolute atomic E-state index is 12.1. The molecule has 138 valence electrons. The molecule has 27 heavy (non-hydrogen) atoms. The maximum Gasteiger partial charge on any atom is 0.327 e. The minimum Gasteiger partial charge on any atom is -0.464 e. The summed E-state index contributed by atoms with van der Waals surface area (Å²) in [4.78, 5) is 12.1. The topological polar surface area (TPSA) is 44.1 Å². The van der Waals surface area contributed by atoms with Gasteiger partial charge >= 0.3 is 5.97 Å². The van der Waals surface area contributed by atoms with Crippen LogP contribution in [0.2, 0.25) is 0 Å². The molecular formula is C21H18F2N2O2. The molecule has 0 aliphatic carbocycles. The zero-order valence-electron chi connectivity index (χ0n) is 14.5. The van der Waals surface area contributed by atoms with Crippen LogP contribution in [0.1, 0.15) is 6.42 Å². The molecule has 4 nitrogen and oxygen atoms in total. The Labute approximate surface area is 155 Å². The highest BCUT2D eigenvalue weighted by atomic mass is 19.3. The molecule has 3 aromatic rings. The lowest BCUT2D eigenvalue weighted by Gasteiger charge is -2.07. The van der Waals surface area contributed by atoms with Gasteiger partial charge in [0.25, 0.3) is 6.08 Å². The molecule has 0 N–H and O–H groups in total. The van der Waals surface area contributed by atoms with Crippen molar-refractivity contribution < 1.29 is 18.3 Å². The van der Waals surface area contributed by atoms with E-state index < -0.39 is 12.0 Å². The van der Waals surface area contributed by atoms with Gasteiger partial charge in [0.15, 0.2) is 0 Å². The average molecular weight is 368 g/mol. The Morgan fingerprint density at radius 1 is 1.00 bits per heavy atom. The minimum atomic E-state index is -1.78. The highest BCUT2D eigenvalue weighted by Crippen LogP contribution is 2.26. The summed E-state index contributed by atoms with van der Waals surface area (Å²) in [5.41, 5.74) is 3.37. The fraction of sp³-hybridized carbons (Fsp3) is 0.143. The van der Waals surface area contributed by atoms with E-state index in [1.54, 1.807) is 4.68 Å². The van der Waals surface area contributed by atoms with E-state index in [1.165, 1.54) is 0 Å². The van der Waals surface area contributed by atoms with Crippen LogP contribution in [0.4, 0.5) is 8.78 Å². The number of hydrogen-bond donors (Lipinski definition) is 0. The van der Waals surface area contributed by atoms with Crippen LogP contribution in [-0.2, 0) is 16.1 Å². The fourth-order valence-electron chi connectivity index (χ4n) is 2.64. The number of ether oxygens (including phenoxy) is 1. The van der Waals surface area contributed by atoms with Gasteiger partial charge in [-0.25, -0.2) is 0 Å². The summed E-state index contributed by atoms with van der Waals surface area (Å²) in [7, 11) is 0. The summed E-state index contributed by atoms with van der Waals surface area (Å²) >= 11 is 0. The van der Waals surface area contributed by atoms with E-state index >= 15 is 0 Å². The number of rotatable bonds is 7. The second-order valence-electron chi connectivity index (χ2n) is 5.81. The summed E-state index contributed by atoms with van der Waals surface area (Å²) in [5.74, 6) is -0.525. The highest BCUT2D eigenvalue weighted by Gasteiger charge is 2.14. The van der Waals surface area contributed by atoms with Gasteiger partial charge in [0.05, 0.1) is 18.0 Å². The van der Waals surface area contributed by atoms with Crippen LogP contribution in [-0.4, -0.2) is 22.4 Å². The molecule has 6 heteroatoms. The molecule has 0 radical (unpaired) electrons. The standard InChI is InChI=1S/C21H18F2N2O2/c22-20(23)12-7-13-27-21(26)15-25-19(17-10-5-2-6-11-17)14-18(24-25)16-8-3-1-4-9-16/h1-6,8-12,14H,7,13,15H2. The molecule has 3 rings (SSSR count). The van der Waals surface area contributed by atoms with Crippen LogP contribution >= 0.6 is 0 Å². The van der Waals surface area contributed by atoms with Crippen molar-refractivity contribution >= 4 is 5.97 Å². The van der Waals surface area contributed by atoms with Gasteiger partial charge < -0.3 is 4.74 Å². The summed E-state index contributed by atoms with van der Waals surface area (Å²) in [6.45, 7) is -0.192. The van der Waals surface area contributed by atoms with Crippen LogP contribution in [0, 0.1) is 0 Å². The quantitative estimate of drug-likeness (QED) is 0.439. The van der Waals surface area contributed by atoms with Crippen molar-refractivity contribution in [1.29, 1.82) is 0 Å². The molecule has 0 saturated heterocycles.